The number of alkyl halides is 1. The van der Waals surface area contributed by atoms with Crippen LogP contribution in [0.3, 0.4) is 0 Å². The summed E-state index contributed by atoms with van der Waals surface area (Å²) in [4.78, 5) is 11.2. The molecule has 1 aromatic carbocycles. The van der Waals surface area contributed by atoms with E-state index in [1.807, 2.05) is 30.3 Å². The zero-order valence-electron chi connectivity index (χ0n) is 8.57. The maximum Gasteiger partial charge on any atom is 0.407 e. The van der Waals surface area contributed by atoms with Gasteiger partial charge in [-0.2, -0.15) is 0 Å². The Bertz CT molecular complexity index is 303. The molecule has 0 bridgehead atoms. The molecule has 0 aliphatic rings. The predicted molar refractivity (Wildman–Crippen MR) is 59.9 cm³/mol. The molecule has 0 heterocycles. The Labute approximate surface area is 94.4 Å². The normalized spacial score (nSPS) is 11.9. The largest absolute Gasteiger partial charge is 0.445 e. The number of halogens is 1. The third kappa shape index (κ3) is 4.70. The van der Waals surface area contributed by atoms with Gasteiger partial charge < -0.3 is 10.1 Å². The van der Waals surface area contributed by atoms with Crippen molar-refractivity contribution in [3.63, 3.8) is 0 Å². The predicted octanol–water partition coefficient (Wildman–Crippen LogP) is 2.54. The van der Waals surface area contributed by atoms with Gasteiger partial charge in [0.2, 0.25) is 0 Å². The van der Waals surface area contributed by atoms with Gasteiger partial charge in [-0.25, -0.2) is 4.79 Å². The Kier molecular flexibility index (Phi) is 4.98. The lowest BCUT2D eigenvalue weighted by atomic mass is 10.2. The Balaban J connectivity index is 2.29. The van der Waals surface area contributed by atoms with Crippen LogP contribution in [0.1, 0.15) is 12.5 Å². The molecule has 1 amide bonds. The molecule has 0 fully saturated rings. The molecule has 1 rings (SSSR count). The molecule has 0 aliphatic heterocycles. The average molecular weight is 228 g/mol. The minimum absolute atomic E-state index is 0.262. The van der Waals surface area contributed by atoms with Gasteiger partial charge in [0.25, 0.3) is 0 Å². The van der Waals surface area contributed by atoms with Crippen LogP contribution in [0.2, 0.25) is 0 Å². The quantitative estimate of drug-likeness (QED) is 0.803. The van der Waals surface area contributed by atoms with E-state index >= 15 is 0 Å². The summed E-state index contributed by atoms with van der Waals surface area (Å²) in [7, 11) is 0. The van der Waals surface area contributed by atoms with Gasteiger partial charge in [0.05, 0.1) is 5.88 Å². The van der Waals surface area contributed by atoms with Crippen LogP contribution in [0.4, 0.5) is 4.79 Å². The topological polar surface area (TPSA) is 38.3 Å². The first-order chi connectivity index (χ1) is 7.22. The van der Waals surface area contributed by atoms with Crippen molar-refractivity contribution in [1.82, 2.24) is 5.32 Å². The second-order valence-electron chi connectivity index (χ2n) is 3.21. The number of amides is 1. The van der Waals surface area contributed by atoms with Crippen molar-refractivity contribution in [2.75, 3.05) is 5.88 Å². The van der Waals surface area contributed by atoms with Crippen LogP contribution in [0.5, 0.6) is 0 Å². The number of alkyl carbamates (subject to hydrolysis) is 1. The van der Waals surface area contributed by atoms with Crippen molar-refractivity contribution in [3.8, 4) is 0 Å². The molecule has 3 nitrogen and oxygen atoms in total. The van der Waals surface area contributed by atoms with E-state index in [4.69, 9.17) is 16.3 Å². The number of rotatable bonds is 4. The Morgan fingerprint density at radius 3 is 2.73 bits per heavy atom. The number of hydrogen-bond donors (Lipinski definition) is 1. The molecule has 0 spiro atoms. The lowest BCUT2D eigenvalue weighted by Crippen LogP contribution is -2.28. The fraction of sp³-hybridized carbons (Fsp3) is 0.364. The van der Waals surface area contributed by atoms with Gasteiger partial charge in [0.15, 0.2) is 0 Å². The minimum Gasteiger partial charge on any atom is -0.445 e. The first kappa shape index (κ1) is 11.9. The molecule has 0 saturated carbocycles. The van der Waals surface area contributed by atoms with Crippen LogP contribution in [0.25, 0.3) is 0 Å². The standard InChI is InChI=1S/C11H14ClNO2/c1-9(7-12)15-11(14)13-8-10-5-3-2-4-6-10/h2-6,9H,7-8H2,1H3,(H,13,14). The lowest BCUT2D eigenvalue weighted by molar-refractivity contribution is 0.116. The van der Waals surface area contributed by atoms with Gasteiger partial charge in [-0.05, 0) is 12.5 Å². The van der Waals surface area contributed by atoms with E-state index in [-0.39, 0.29) is 6.10 Å². The Hall–Kier alpha value is -1.22. The van der Waals surface area contributed by atoms with Crippen LogP contribution in [0, 0.1) is 0 Å². The fourth-order valence-electron chi connectivity index (χ4n) is 1.03. The molecule has 0 aliphatic carbocycles. The molecule has 0 radical (unpaired) electrons. The molecule has 0 aromatic heterocycles. The van der Waals surface area contributed by atoms with E-state index in [2.05, 4.69) is 5.32 Å². The summed E-state index contributed by atoms with van der Waals surface area (Å²) in [6, 6.07) is 9.64. The van der Waals surface area contributed by atoms with Crippen molar-refractivity contribution >= 4 is 17.7 Å². The molecule has 82 valence electrons. The summed E-state index contributed by atoms with van der Waals surface area (Å²) < 4.78 is 4.94. The summed E-state index contributed by atoms with van der Waals surface area (Å²) in [5.41, 5.74) is 1.04. The van der Waals surface area contributed by atoms with E-state index in [1.54, 1.807) is 6.92 Å². The van der Waals surface area contributed by atoms with Gasteiger partial charge >= 0.3 is 6.09 Å². The Morgan fingerprint density at radius 1 is 1.47 bits per heavy atom. The maximum absolute atomic E-state index is 11.2. The Morgan fingerprint density at radius 2 is 2.13 bits per heavy atom. The van der Waals surface area contributed by atoms with Gasteiger partial charge in [0, 0.05) is 6.54 Å². The van der Waals surface area contributed by atoms with E-state index in [0.717, 1.165) is 5.56 Å². The van der Waals surface area contributed by atoms with Crippen LogP contribution < -0.4 is 5.32 Å². The van der Waals surface area contributed by atoms with E-state index in [9.17, 15) is 4.79 Å². The first-order valence-corrected chi connectivity index (χ1v) is 5.30. The van der Waals surface area contributed by atoms with Crippen LogP contribution in [0.15, 0.2) is 30.3 Å². The minimum atomic E-state index is -0.438. The van der Waals surface area contributed by atoms with E-state index in [0.29, 0.717) is 12.4 Å². The summed E-state index contributed by atoms with van der Waals surface area (Å²) in [5.74, 6) is 0.304. The SMILES string of the molecule is CC(CCl)OC(=O)NCc1ccccc1. The number of carbonyl (C=O) groups is 1. The highest BCUT2D eigenvalue weighted by atomic mass is 35.5. The molecule has 1 unspecified atom stereocenters. The van der Waals surface area contributed by atoms with Gasteiger partial charge in [0.1, 0.15) is 6.10 Å². The number of carbonyl (C=O) groups excluding carboxylic acids is 1. The molecular formula is C11H14ClNO2. The molecule has 1 atom stereocenters. The highest BCUT2D eigenvalue weighted by Gasteiger charge is 2.06. The highest BCUT2D eigenvalue weighted by molar-refractivity contribution is 6.18. The molecule has 1 N–H and O–H groups in total. The van der Waals surface area contributed by atoms with Crippen molar-refractivity contribution in [3.05, 3.63) is 35.9 Å². The van der Waals surface area contributed by atoms with Crippen molar-refractivity contribution in [2.24, 2.45) is 0 Å². The average Bonchev–Trinajstić information content (AvgIpc) is 2.27. The zero-order valence-corrected chi connectivity index (χ0v) is 9.33. The third-order valence-electron chi connectivity index (χ3n) is 1.81. The smallest absolute Gasteiger partial charge is 0.407 e. The van der Waals surface area contributed by atoms with Crippen LogP contribution >= 0.6 is 11.6 Å². The number of ether oxygens (including phenoxy) is 1. The summed E-state index contributed by atoms with van der Waals surface area (Å²) >= 11 is 5.51. The second kappa shape index (κ2) is 6.30. The number of nitrogens with one attached hydrogen (secondary N) is 1. The first-order valence-electron chi connectivity index (χ1n) is 4.76. The third-order valence-corrected chi connectivity index (χ3v) is 2.24. The van der Waals surface area contributed by atoms with E-state index in [1.165, 1.54) is 0 Å². The van der Waals surface area contributed by atoms with Crippen molar-refractivity contribution in [2.45, 2.75) is 19.6 Å². The monoisotopic (exact) mass is 227 g/mol. The van der Waals surface area contributed by atoms with Gasteiger partial charge in [-0.15, -0.1) is 11.6 Å². The molecule has 1 aromatic rings. The summed E-state index contributed by atoms with van der Waals surface area (Å²) in [6.45, 7) is 2.21. The highest BCUT2D eigenvalue weighted by Crippen LogP contribution is 1.98. The van der Waals surface area contributed by atoms with E-state index < -0.39 is 6.09 Å². The second-order valence-corrected chi connectivity index (χ2v) is 3.52. The fourth-order valence-corrected chi connectivity index (χ4v) is 1.09. The molecule has 4 heteroatoms. The number of hydrogen-bond acceptors (Lipinski definition) is 2. The van der Waals surface area contributed by atoms with Gasteiger partial charge in [-0.1, -0.05) is 30.3 Å². The number of benzene rings is 1. The van der Waals surface area contributed by atoms with Crippen molar-refractivity contribution in [1.29, 1.82) is 0 Å². The molecular weight excluding hydrogens is 214 g/mol. The molecule has 0 saturated heterocycles. The van der Waals surface area contributed by atoms with Crippen molar-refractivity contribution < 1.29 is 9.53 Å². The molecule has 15 heavy (non-hydrogen) atoms. The van der Waals surface area contributed by atoms with Crippen LogP contribution in [-0.2, 0) is 11.3 Å². The zero-order chi connectivity index (χ0) is 11.1. The van der Waals surface area contributed by atoms with Gasteiger partial charge in [-0.3, -0.25) is 0 Å². The lowest BCUT2D eigenvalue weighted by Gasteiger charge is -2.10. The van der Waals surface area contributed by atoms with Crippen LogP contribution in [-0.4, -0.2) is 18.1 Å². The summed E-state index contributed by atoms with van der Waals surface area (Å²) in [5, 5.41) is 2.64. The summed E-state index contributed by atoms with van der Waals surface area (Å²) in [6.07, 6.45) is -0.700. The maximum atomic E-state index is 11.2.